The zero-order valence-electron chi connectivity index (χ0n) is 10.8. The molecule has 0 atom stereocenters. The van der Waals surface area contributed by atoms with Crippen molar-refractivity contribution in [2.75, 3.05) is 26.7 Å². The highest BCUT2D eigenvalue weighted by atomic mass is 16.6. The second-order valence-corrected chi connectivity index (χ2v) is 3.97. The molecule has 0 aliphatic carbocycles. The predicted octanol–water partition coefficient (Wildman–Crippen LogP) is 0.363. The number of ether oxygens (including phenoxy) is 1. The molecule has 0 saturated carbocycles. The van der Waals surface area contributed by atoms with E-state index in [1.165, 1.54) is 11.9 Å². The third-order valence-electron chi connectivity index (χ3n) is 2.33. The first-order chi connectivity index (χ1) is 9.13. The normalized spacial score (nSPS) is 9.79. The predicted molar refractivity (Wildman–Crippen MR) is 69.4 cm³/mol. The van der Waals surface area contributed by atoms with Crippen molar-refractivity contribution in [2.24, 2.45) is 0 Å². The van der Waals surface area contributed by atoms with Crippen LogP contribution < -0.4 is 5.32 Å². The fraction of sp³-hybridized carbons (Fsp3) is 0.385. The second-order valence-electron chi connectivity index (χ2n) is 3.97. The summed E-state index contributed by atoms with van der Waals surface area (Å²) in [6.07, 6.45) is -0.567. The lowest BCUT2D eigenvalue weighted by Gasteiger charge is -2.16. The number of nitrogens with zero attached hydrogens (tertiary/aromatic N) is 1. The molecule has 0 heterocycles. The number of hydrogen-bond acceptors (Lipinski definition) is 4. The molecule has 0 spiro atoms. The van der Waals surface area contributed by atoms with Gasteiger partial charge >= 0.3 is 6.09 Å². The zero-order chi connectivity index (χ0) is 14.1. The molecule has 0 aliphatic heterocycles. The van der Waals surface area contributed by atoms with Gasteiger partial charge in [0.2, 0.25) is 5.91 Å². The third kappa shape index (κ3) is 5.87. The molecule has 0 fully saturated rings. The molecule has 2 N–H and O–H groups in total. The lowest BCUT2D eigenvalue weighted by Crippen LogP contribution is -2.39. The monoisotopic (exact) mass is 266 g/mol. The second kappa shape index (κ2) is 8.10. The average molecular weight is 266 g/mol. The molecule has 1 rings (SSSR count). The van der Waals surface area contributed by atoms with Gasteiger partial charge in [0.25, 0.3) is 0 Å². The van der Waals surface area contributed by atoms with E-state index in [1.54, 1.807) is 0 Å². The molecule has 2 amide bonds. The molecule has 104 valence electrons. The van der Waals surface area contributed by atoms with Crippen LogP contribution in [-0.2, 0) is 16.1 Å². The minimum atomic E-state index is -0.567. The summed E-state index contributed by atoms with van der Waals surface area (Å²) in [6, 6.07) is 9.29. The van der Waals surface area contributed by atoms with Gasteiger partial charge in [-0.15, -0.1) is 0 Å². The van der Waals surface area contributed by atoms with E-state index in [1.807, 2.05) is 30.3 Å². The van der Waals surface area contributed by atoms with Crippen LogP contribution >= 0.6 is 0 Å². The maximum atomic E-state index is 11.6. The summed E-state index contributed by atoms with van der Waals surface area (Å²) >= 11 is 0. The Hall–Kier alpha value is -2.08. The average Bonchev–Trinajstić information content (AvgIpc) is 2.43. The fourth-order valence-electron chi connectivity index (χ4n) is 1.36. The van der Waals surface area contributed by atoms with Crippen molar-refractivity contribution < 1.29 is 19.4 Å². The molecule has 0 aromatic heterocycles. The molecule has 0 bridgehead atoms. The molecule has 1 aromatic carbocycles. The van der Waals surface area contributed by atoms with E-state index >= 15 is 0 Å². The standard InChI is InChI=1S/C13H18N2O4/c1-15(9-12(17)14-7-8-16)13(18)19-10-11-5-3-2-4-6-11/h2-6,16H,7-10H2,1H3,(H,14,17). The van der Waals surface area contributed by atoms with Crippen LogP contribution in [0.15, 0.2) is 30.3 Å². The van der Waals surface area contributed by atoms with Crippen molar-refractivity contribution >= 4 is 12.0 Å². The Morgan fingerprint density at radius 1 is 1.32 bits per heavy atom. The van der Waals surface area contributed by atoms with Crippen molar-refractivity contribution in [3.8, 4) is 0 Å². The summed E-state index contributed by atoms with van der Waals surface area (Å²) in [7, 11) is 1.48. The van der Waals surface area contributed by atoms with Crippen LogP contribution in [-0.4, -0.2) is 48.8 Å². The van der Waals surface area contributed by atoms with Gasteiger partial charge in [-0.05, 0) is 5.56 Å². The van der Waals surface area contributed by atoms with Crippen LogP contribution in [0.25, 0.3) is 0 Å². The summed E-state index contributed by atoms with van der Waals surface area (Å²) in [5.74, 6) is -0.340. The summed E-state index contributed by atoms with van der Waals surface area (Å²) in [4.78, 5) is 24.1. The fourth-order valence-corrected chi connectivity index (χ4v) is 1.36. The molecule has 19 heavy (non-hydrogen) atoms. The van der Waals surface area contributed by atoms with Gasteiger partial charge in [-0.25, -0.2) is 4.79 Å². The number of nitrogens with one attached hydrogen (secondary N) is 1. The van der Waals surface area contributed by atoms with Crippen molar-refractivity contribution in [2.45, 2.75) is 6.61 Å². The molecule has 6 heteroatoms. The number of amides is 2. The Kier molecular flexibility index (Phi) is 6.38. The molecule has 1 aromatic rings. The van der Waals surface area contributed by atoms with Crippen molar-refractivity contribution in [3.63, 3.8) is 0 Å². The first-order valence-corrected chi connectivity index (χ1v) is 5.93. The lowest BCUT2D eigenvalue weighted by atomic mass is 10.2. The quantitative estimate of drug-likeness (QED) is 0.779. The third-order valence-corrected chi connectivity index (χ3v) is 2.33. The summed E-state index contributed by atoms with van der Waals surface area (Å²) in [5, 5.41) is 11.0. The van der Waals surface area contributed by atoms with Crippen LogP contribution in [0.5, 0.6) is 0 Å². The number of carbonyl (C=O) groups excluding carboxylic acids is 2. The number of hydrogen-bond donors (Lipinski definition) is 2. The number of aliphatic hydroxyl groups excluding tert-OH is 1. The molecule has 6 nitrogen and oxygen atoms in total. The van der Waals surface area contributed by atoms with Gasteiger partial charge in [-0.3, -0.25) is 4.79 Å². The van der Waals surface area contributed by atoms with Crippen LogP contribution in [0, 0.1) is 0 Å². The van der Waals surface area contributed by atoms with Gasteiger partial charge in [0.1, 0.15) is 13.2 Å². The van der Waals surface area contributed by atoms with E-state index in [2.05, 4.69) is 5.32 Å². The number of benzene rings is 1. The molecule has 0 unspecified atom stereocenters. The Morgan fingerprint density at radius 3 is 2.63 bits per heavy atom. The van der Waals surface area contributed by atoms with Gasteiger partial charge < -0.3 is 20.1 Å². The zero-order valence-corrected chi connectivity index (χ0v) is 10.8. The minimum Gasteiger partial charge on any atom is -0.445 e. The van der Waals surface area contributed by atoms with E-state index in [4.69, 9.17) is 9.84 Å². The topological polar surface area (TPSA) is 78.9 Å². The SMILES string of the molecule is CN(CC(=O)NCCO)C(=O)OCc1ccccc1. The number of aliphatic hydroxyl groups is 1. The molecular weight excluding hydrogens is 248 g/mol. The Bertz CT molecular complexity index is 408. The number of likely N-dealkylation sites (N-methyl/N-ethyl adjacent to an activating group) is 1. The van der Waals surface area contributed by atoms with E-state index in [0.29, 0.717) is 0 Å². The Morgan fingerprint density at radius 2 is 2.00 bits per heavy atom. The largest absolute Gasteiger partial charge is 0.445 e. The van der Waals surface area contributed by atoms with Crippen molar-refractivity contribution in [1.82, 2.24) is 10.2 Å². The van der Waals surface area contributed by atoms with Crippen molar-refractivity contribution in [3.05, 3.63) is 35.9 Å². The van der Waals surface area contributed by atoms with Gasteiger partial charge in [-0.1, -0.05) is 30.3 Å². The van der Waals surface area contributed by atoms with Crippen LogP contribution in [0.1, 0.15) is 5.56 Å². The Labute approximate surface area is 112 Å². The first-order valence-electron chi connectivity index (χ1n) is 5.93. The number of carbonyl (C=O) groups is 2. The van der Waals surface area contributed by atoms with E-state index in [0.717, 1.165) is 5.56 Å². The molecular formula is C13H18N2O4. The van der Waals surface area contributed by atoms with Crippen molar-refractivity contribution in [1.29, 1.82) is 0 Å². The molecule has 0 saturated heterocycles. The number of rotatable bonds is 6. The maximum absolute atomic E-state index is 11.6. The summed E-state index contributed by atoms with van der Waals surface area (Å²) < 4.78 is 5.05. The first kappa shape index (κ1) is 15.0. The summed E-state index contributed by atoms with van der Waals surface area (Å²) in [6.45, 7) is 0.107. The van der Waals surface area contributed by atoms with Gasteiger partial charge in [0.05, 0.1) is 6.61 Å². The minimum absolute atomic E-state index is 0.104. The van der Waals surface area contributed by atoms with Crippen LogP contribution in [0.3, 0.4) is 0 Å². The summed E-state index contributed by atoms with van der Waals surface area (Å²) in [5.41, 5.74) is 0.883. The maximum Gasteiger partial charge on any atom is 0.410 e. The van der Waals surface area contributed by atoms with E-state index < -0.39 is 6.09 Å². The lowest BCUT2D eigenvalue weighted by molar-refractivity contribution is -0.121. The highest BCUT2D eigenvalue weighted by molar-refractivity contribution is 5.82. The Balaban J connectivity index is 2.30. The smallest absolute Gasteiger partial charge is 0.410 e. The van der Waals surface area contributed by atoms with Crippen LogP contribution in [0.2, 0.25) is 0 Å². The van der Waals surface area contributed by atoms with E-state index in [9.17, 15) is 9.59 Å². The molecule has 0 aliphatic rings. The van der Waals surface area contributed by atoms with Gasteiger partial charge in [0.15, 0.2) is 0 Å². The molecule has 0 radical (unpaired) electrons. The highest BCUT2D eigenvalue weighted by Crippen LogP contribution is 2.02. The highest BCUT2D eigenvalue weighted by Gasteiger charge is 2.13. The van der Waals surface area contributed by atoms with Gasteiger partial charge in [0, 0.05) is 13.6 Å². The van der Waals surface area contributed by atoms with Gasteiger partial charge in [-0.2, -0.15) is 0 Å². The van der Waals surface area contributed by atoms with Crippen LogP contribution in [0.4, 0.5) is 4.79 Å². The van der Waals surface area contributed by atoms with E-state index in [-0.39, 0.29) is 32.2 Å².